The second kappa shape index (κ2) is 5.62. The molecule has 1 amide bonds. The molecule has 1 aromatic carbocycles. The van der Waals surface area contributed by atoms with Crippen LogP contribution >= 0.6 is 11.3 Å². The fraction of sp³-hybridized carbons (Fsp3) is 0.235. The Morgan fingerprint density at radius 2 is 2.09 bits per heavy atom. The molecule has 0 atom stereocenters. The summed E-state index contributed by atoms with van der Waals surface area (Å²) < 4.78 is 1.74. The van der Waals surface area contributed by atoms with Crippen molar-refractivity contribution in [3.63, 3.8) is 0 Å². The summed E-state index contributed by atoms with van der Waals surface area (Å²) in [5, 5.41) is 10.1. The predicted octanol–water partition coefficient (Wildman–Crippen LogP) is 3.20. The highest BCUT2D eigenvalue weighted by molar-refractivity contribution is 7.12. The SMILES string of the molecule is Cc1c(C(=O)NC2CC2)cnn1-c1nc(-c2ccccc2)cs1. The zero-order valence-electron chi connectivity index (χ0n) is 12.7. The molecular formula is C17H16N4OS. The predicted molar refractivity (Wildman–Crippen MR) is 89.9 cm³/mol. The van der Waals surface area contributed by atoms with Crippen molar-refractivity contribution in [1.82, 2.24) is 20.1 Å². The molecule has 0 radical (unpaired) electrons. The van der Waals surface area contributed by atoms with E-state index in [2.05, 4.69) is 15.4 Å². The molecule has 1 aliphatic rings. The Morgan fingerprint density at radius 1 is 1.30 bits per heavy atom. The van der Waals surface area contributed by atoms with Gasteiger partial charge in [-0.1, -0.05) is 30.3 Å². The van der Waals surface area contributed by atoms with Crippen molar-refractivity contribution in [1.29, 1.82) is 0 Å². The molecule has 0 unspecified atom stereocenters. The summed E-state index contributed by atoms with van der Waals surface area (Å²) in [4.78, 5) is 16.9. The Morgan fingerprint density at radius 3 is 2.83 bits per heavy atom. The number of benzene rings is 1. The van der Waals surface area contributed by atoms with Crippen LogP contribution in [0, 0.1) is 6.92 Å². The second-order valence-electron chi connectivity index (χ2n) is 5.68. The summed E-state index contributed by atoms with van der Waals surface area (Å²) in [6, 6.07) is 10.4. The molecule has 0 bridgehead atoms. The molecule has 3 aromatic rings. The third-order valence-electron chi connectivity index (χ3n) is 3.91. The summed E-state index contributed by atoms with van der Waals surface area (Å²) in [5.74, 6) is -0.0453. The maximum Gasteiger partial charge on any atom is 0.254 e. The van der Waals surface area contributed by atoms with Crippen molar-refractivity contribution < 1.29 is 4.79 Å². The Labute approximate surface area is 138 Å². The van der Waals surface area contributed by atoms with Gasteiger partial charge < -0.3 is 5.32 Å². The summed E-state index contributed by atoms with van der Waals surface area (Å²) >= 11 is 1.52. The lowest BCUT2D eigenvalue weighted by atomic mass is 10.2. The van der Waals surface area contributed by atoms with Gasteiger partial charge in [-0.25, -0.2) is 9.67 Å². The minimum absolute atomic E-state index is 0.0453. The molecule has 1 saturated carbocycles. The maximum atomic E-state index is 12.2. The topological polar surface area (TPSA) is 59.8 Å². The van der Waals surface area contributed by atoms with Crippen LogP contribution in [0.4, 0.5) is 0 Å². The van der Waals surface area contributed by atoms with E-state index in [9.17, 15) is 4.79 Å². The van der Waals surface area contributed by atoms with E-state index in [1.54, 1.807) is 10.9 Å². The first kappa shape index (κ1) is 14.1. The van der Waals surface area contributed by atoms with Gasteiger partial charge >= 0.3 is 0 Å². The van der Waals surface area contributed by atoms with Gasteiger partial charge in [0.25, 0.3) is 5.91 Å². The molecule has 116 valence electrons. The average Bonchev–Trinajstić information content (AvgIpc) is 3.10. The van der Waals surface area contributed by atoms with E-state index in [1.165, 1.54) is 11.3 Å². The number of amides is 1. The fourth-order valence-corrected chi connectivity index (χ4v) is 3.26. The quantitative estimate of drug-likeness (QED) is 0.802. The maximum absolute atomic E-state index is 12.2. The molecular weight excluding hydrogens is 308 g/mol. The van der Waals surface area contributed by atoms with E-state index in [4.69, 9.17) is 0 Å². The number of carbonyl (C=O) groups is 1. The Hall–Kier alpha value is -2.47. The fourth-order valence-electron chi connectivity index (χ4n) is 2.42. The van der Waals surface area contributed by atoms with Gasteiger partial charge in [0.2, 0.25) is 5.13 Å². The summed E-state index contributed by atoms with van der Waals surface area (Å²) in [7, 11) is 0. The van der Waals surface area contributed by atoms with Crippen LogP contribution in [0.5, 0.6) is 0 Å². The van der Waals surface area contributed by atoms with Gasteiger partial charge in [0.1, 0.15) is 0 Å². The molecule has 23 heavy (non-hydrogen) atoms. The number of thiazole rings is 1. The Bertz CT molecular complexity index is 849. The van der Waals surface area contributed by atoms with Gasteiger partial charge in [-0.3, -0.25) is 4.79 Å². The van der Waals surface area contributed by atoms with E-state index >= 15 is 0 Å². The van der Waals surface area contributed by atoms with Gasteiger partial charge in [0.05, 0.1) is 23.1 Å². The average molecular weight is 324 g/mol. The number of nitrogens with zero attached hydrogens (tertiary/aromatic N) is 3. The lowest BCUT2D eigenvalue weighted by Crippen LogP contribution is -2.25. The van der Waals surface area contributed by atoms with Crippen LogP contribution in [-0.4, -0.2) is 26.7 Å². The minimum Gasteiger partial charge on any atom is -0.349 e. The number of rotatable bonds is 4. The van der Waals surface area contributed by atoms with Crippen molar-refractivity contribution in [2.75, 3.05) is 0 Å². The van der Waals surface area contributed by atoms with Crippen LogP contribution in [0.15, 0.2) is 41.9 Å². The van der Waals surface area contributed by atoms with Gasteiger partial charge in [0, 0.05) is 17.0 Å². The van der Waals surface area contributed by atoms with Gasteiger partial charge in [-0.15, -0.1) is 11.3 Å². The van der Waals surface area contributed by atoms with Gasteiger partial charge in [0.15, 0.2) is 0 Å². The second-order valence-corrected chi connectivity index (χ2v) is 6.52. The highest BCUT2D eigenvalue weighted by Crippen LogP contribution is 2.25. The summed E-state index contributed by atoms with van der Waals surface area (Å²) in [6.07, 6.45) is 3.77. The zero-order valence-corrected chi connectivity index (χ0v) is 13.5. The van der Waals surface area contributed by atoms with Crippen molar-refractivity contribution in [3.05, 3.63) is 53.2 Å². The van der Waals surface area contributed by atoms with Crippen molar-refractivity contribution in [2.24, 2.45) is 0 Å². The number of nitrogens with one attached hydrogen (secondary N) is 1. The third kappa shape index (κ3) is 2.77. The largest absolute Gasteiger partial charge is 0.349 e. The van der Waals surface area contributed by atoms with E-state index in [0.717, 1.165) is 34.9 Å². The molecule has 1 fully saturated rings. The van der Waals surface area contributed by atoms with Crippen molar-refractivity contribution >= 4 is 17.2 Å². The minimum atomic E-state index is -0.0453. The van der Waals surface area contributed by atoms with Crippen LogP contribution in [0.1, 0.15) is 28.9 Å². The van der Waals surface area contributed by atoms with E-state index in [1.807, 2.05) is 42.6 Å². The summed E-state index contributed by atoms with van der Waals surface area (Å²) in [5.41, 5.74) is 3.43. The van der Waals surface area contributed by atoms with Crippen molar-refractivity contribution in [2.45, 2.75) is 25.8 Å². The number of carbonyl (C=O) groups excluding carboxylic acids is 1. The molecule has 1 N–H and O–H groups in total. The van der Waals surface area contributed by atoms with E-state index in [-0.39, 0.29) is 5.91 Å². The molecule has 1 aliphatic carbocycles. The monoisotopic (exact) mass is 324 g/mol. The first-order valence-electron chi connectivity index (χ1n) is 7.59. The standard InChI is InChI=1S/C17H16N4OS/c1-11-14(16(22)19-13-7-8-13)9-18-21(11)17-20-15(10-23-17)12-5-3-2-4-6-12/h2-6,9-10,13H,7-8H2,1H3,(H,19,22). The highest BCUT2D eigenvalue weighted by Gasteiger charge is 2.26. The molecule has 0 aliphatic heterocycles. The Balaban J connectivity index is 1.62. The van der Waals surface area contributed by atoms with E-state index in [0.29, 0.717) is 11.6 Å². The molecule has 2 aromatic heterocycles. The zero-order chi connectivity index (χ0) is 15.8. The number of hydrogen-bond acceptors (Lipinski definition) is 4. The van der Waals surface area contributed by atoms with Crippen molar-refractivity contribution in [3.8, 4) is 16.4 Å². The first-order valence-corrected chi connectivity index (χ1v) is 8.47. The third-order valence-corrected chi connectivity index (χ3v) is 4.73. The number of aromatic nitrogens is 3. The first-order chi connectivity index (χ1) is 11.2. The molecule has 0 spiro atoms. The summed E-state index contributed by atoms with van der Waals surface area (Å²) in [6.45, 7) is 1.90. The molecule has 4 rings (SSSR count). The highest BCUT2D eigenvalue weighted by atomic mass is 32.1. The normalized spacial score (nSPS) is 14.0. The van der Waals surface area contributed by atoms with E-state index < -0.39 is 0 Å². The molecule has 2 heterocycles. The lowest BCUT2D eigenvalue weighted by Gasteiger charge is -2.03. The van der Waals surface area contributed by atoms with Gasteiger partial charge in [-0.05, 0) is 19.8 Å². The molecule has 5 nitrogen and oxygen atoms in total. The van der Waals surface area contributed by atoms with Crippen LogP contribution in [0.25, 0.3) is 16.4 Å². The Kier molecular flexibility index (Phi) is 3.46. The van der Waals surface area contributed by atoms with Crippen LogP contribution in [0.2, 0.25) is 0 Å². The molecule has 0 saturated heterocycles. The number of hydrogen-bond donors (Lipinski definition) is 1. The van der Waals surface area contributed by atoms with Crippen LogP contribution in [-0.2, 0) is 0 Å². The van der Waals surface area contributed by atoms with Gasteiger partial charge in [-0.2, -0.15) is 5.10 Å². The molecule has 6 heteroatoms. The van der Waals surface area contributed by atoms with Crippen LogP contribution in [0.3, 0.4) is 0 Å². The smallest absolute Gasteiger partial charge is 0.254 e. The lowest BCUT2D eigenvalue weighted by molar-refractivity contribution is 0.0950. The van der Waals surface area contributed by atoms with Crippen LogP contribution < -0.4 is 5.32 Å².